The van der Waals surface area contributed by atoms with E-state index in [0.29, 0.717) is 42.9 Å². The number of amides is 2. The van der Waals surface area contributed by atoms with Gasteiger partial charge in [0.1, 0.15) is 24.7 Å². The Morgan fingerprint density at radius 1 is 1.04 bits per heavy atom. The zero-order chi connectivity index (χ0) is 33.3. The van der Waals surface area contributed by atoms with Crippen molar-refractivity contribution in [1.29, 1.82) is 0 Å². The van der Waals surface area contributed by atoms with Gasteiger partial charge in [-0.25, -0.2) is 4.68 Å². The van der Waals surface area contributed by atoms with E-state index in [1.807, 2.05) is 111 Å². The number of hydrogen-bond acceptors (Lipinski definition) is 5. The fraction of sp³-hybridized carbons (Fsp3) is 0.325. The molecular formula is C40H44N4O4. The minimum absolute atomic E-state index is 0.0723. The van der Waals surface area contributed by atoms with Crippen molar-refractivity contribution in [2.24, 2.45) is 0 Å². The van der Waals surface area contributed by atoms with Crippen molar-refractivity contribution in [1.82, 2.24) is 20.4 Å². The molecular weight excluding hydrogens is 600 g/mol. The third-order valence-electron chi connectivity index (χ3n) is 8.71. The molecule has 8 nitrogen and oxygen atoms in total. The third kappa shape index (κ3) is 8.23. The van der Waals surface area contributed by atoms with Crippen LogP contribution in [0, 0.1) is 0 Å². The van der Waals surface area contributed by atoms with Gasteiger partial charge in [-0.2, -0.15) is 5.10 Å². The molecule has 248 valence electrons. The van der Waals surface area contributed by atoms with Crippen LogP contribution in [0.1, 0.15) is 57.9 Å². The van der Waals surface area contributed by atoms with E-state index in [4.69, 9.17) is 14.6 Å². The molecule has 3 heterocycles. The summed E-state index contributed by atoms with van der Waals surface area (Å²) in [7, 11) is 0. The molecule has 1 aromatic heterocycles. The summed E-state index contributed by atoms with van der Waals surface area (Å²) in [6, 6.07) is 17.3. The lowest BCUT2D eigenvalue weighted by molar-refractivity contribution is -0.119. The summed E-state index contributed by atoms with van der Waals surface area (Å²) >= 11 is 0. The summed E-state index contributed by atoms with van der Waals surface area (Å²) in [6.45, 7) is 4.77. The van der Waals surface area contributed by atoms with Gasteiger partial charge in [0.25, 0.3) is 5.91 Å². The molecule has 7 rings (SSSR count). The minimum Gasteiger partial charge on any atom is -0.490 e. The van der Waals surface area contributed by atoms with Crippen LogP contribution in [0.25, 0.3) is 17.0 Å². The molecule has 2 aliphatic carbocycles. The predicted molar refractivity (Wildman–Crippen MR) is 189 cm³/mol. The molecule has 0 saturated heterocycles. The molecule has 0 radical (unpaired) electrons. The molecule has 6 bridgehead atoms. The molecule has 0 spiro atoms. The van der Waals surface area contributed by atoms with Gasteiger partial charge in [-0.1, -0.05) is 55.0 Å². The molecule has 4 aliphatic rings. The maximum Gasteiger partial charge on any atom is 0.253 e. The SMILES string of the molecule is C\C=C/C=C1/C(=O)NC(C(C(=O)NC2CC2)=C2CCC2)Cc2ccc(cc2)OC/C=C/COc2cccc(c2)-c2ccn(n2)/C1=C\CC. The molecule has 8 heteroatoms. The van der Waals surface area contributed by atoms with E-state index in [0.717, 1.165) is 66.0 Å². The number of rotatable bonds is 5. The summed E-state index contributed by atoms with van der Waals surface area (Å²) in [5.41, 5.74) is 5.60. The first kappa shape index (κ1) is 32.8. The van der Waals surface area contributed by atoms with Gasteiger partial charge >= 0.3 is 0 Å². The molecule has 2 saturated carbocycles. The Labute approximate surface area is 282 Å². The van der Waals surface area contributed by atoms with E-state index in [2.05, 4.69) is 10.6 Å². The number of nitrogens with one attached hydrogen (secondary N) is 2. The Bertz CT molecular complexity index is 1770. The quantitative estimate of drug-likeness (QED) is 0.228. The number of nitrogens with zero attached hydrogens (tertiary/aromatic N) is 2. The molecule has 2 N–H and O–H groups in total. The fourth-order valence-corrected chi connectivity index (χ4v) is 5.87. The van der Waals surface area contributed by atoms with Crippen molar-refractivity contribution < 1.29 is 19.1 Å². The topological polar surface area (TPSA) is 94.5 Å². The number of carbonyl (C=O) groups is 2. The van der Waals surface area contributed by atoms with Crippen molar-refractivity contribution in [3.63, 3.8) is 0 Å². The second-order valence-corrected chi connectivity index (χ2v) is 12.4. The predicted octanol–water partition coefficient (Wildman–Crippen LogP) is 7.12. The molecule has 1 unspecified atom stereocenters. The summed E-state index contributed by atoms with van der Waals surface area (Å²) in [6.07, 6.45) is 19.3. The van der Waals surface area contributed by atoms with Gasteiger partial charge in [-0.3, -0.25) is 9.59 Å². The summed E-state index contributed by atoms with van der Waals surface area (Å²) in [5, 5.41) is 11.4. The summed E-state index contributed by atoms with van der Waals surface area (Å²) < 4.78 is 13.7. The highest BCUT2D eigenvalue weighted by atomic mass is 16.5. The van der Waals surface area contributed by atoms with Crippen molar-refractivity contribution in [2.75, 3.05) is 13.2 Å². The highest BCUT2D eigenvalue weighted by Gasteiger charge is 2.33. The molecule has 2 amide bonds. The van der Waals surface area contributed by atoms with Gasteiger partial charge in [-0.05, 0) is 106 Å². The van der Waals surface area contributed by atoms with Gasteiger partial charge in [0.2, 0.25) is 5.91 Å². The van der Waals surface area contributed by atoms with E-state index < -0.39 is 6.04 Å². The van der Waals surface area contributed by atoms with Gasteiger partial charge < -0.3 is 20.1 Å². The molecule has 1 atom stereocenters. The minimum atomic E-state index is -0.521. The maximum absolute atomic E-state index is 14.5. The number of ether oxygens (including phenoxy) is 2. The van der Waals surface area contributed by atoms with Crippen LogP contribution < -0.4 is 20.1 Å². The number of hydrogen-bond donors (Lipinski definition) is 2. The van der Waals surface area contributed by atoms with E-state index in [-0.39, 0.29) is 17.9 Å². The van der Waals surface area contributed by atoms with Gasteiger partial charge in [0, 0.05) is 23.4 Å². The second-order valence-electron chi connectivity index (χ2n) is 12.4. The van der Waals surface area contributed by atoms with Crippen molar-refractivity contribution >= 4 is 17.5 Å². The Morgan fingerprint density at radius 2 is 1.81 bits per heavy atom. The third-order valence-corrected chi connectivity index (χ3v) is 8.71. The van der Waals surface area contributed by atoms with Crippen LogP contribution >= 0.6 is 0 Å². The highest BCUT2D eigenvalue weighted by molar-refractivity contribution is 6.07. The molecule has 2 aromatic carbocycles. The standard InChI is InChI=1S/C40H44N4O4/c1-3-5-15-34-37(10-4-2)44-23-22-35(43-44)30-13-9-14-33(27-30)48-25-7-6-24-47-32-20-16-28(17-21-32)26-36(42-39(34)45)38(29-11-8-12-29)40(46)41-31-18-19-31/h3,5-7,9-10,13-17,20-23,27,31,36H,4,8,11-12,18-19,24-26H2,1-2H3,(H,41,46)(H,42,45)/b5-3-,7-6+,34-15+,37-10-. The van der Waals surface area contributed by atoms with Crippen molar-refractivity contribution in [3.05, 3.63) is 120 Å². The Balaban J connectivity index is 1.41. The van der Waals surface area contributed by atoms with Crippen LogP contribution in [0.2, 0.25) is 0 Å². The van der Waals surface area contributed by atoms with E-state index in [1.165, 1.54) is 0 Å². The van der Waals surface area contributed by atoms with E-state index in [9.17, 15) is 9.59 Å². The van der Waals surface area contributed by atoms with Gasteiger partial charge in [0.15, 0.2) is 0 Å². The first-order valence-electron chi connectivity index (χ1n) is 17.1. The van der Waals surface area contributed by atoms with Crippen LogP contribution in [0.3, 0.4) is 0 Å². The summed E-state index contributed by atoms with van der Waals surface area (Å²) in [5.74, 6) is 1.14. The van der Waals surface area contributed by atoms with Crippen LogP contribution in [0.4, 0.5) is 0 Å². The second kappa shape index (κ2) is 15.7. The normalized spacial score (nSPS) is 21.0. The molecule has 3 aromatic rings. The zero-order valence-corrected chi connectivity index (χ0v) is 27.8. The first-order valence-corrected chi connectivity index (χ1v) is 17.1. The lowest BCUT2D eigenvalue weighted by atomic mass is 9.83. The molecule has 48 heavy (non-hydrogen) atoms. The van der Waals surface area contributed by atoms with Crippen molar-refractivity contribution in [2.45, 2.75) is 70.9 Å². The molecule has 2 fully saturated rings. The zero-order valence-electron chi connectivity index (χ0n) is 27.8. The van der Waals surface area contributed by atoms with Crippen molar-refractivity contribution in [3.8, 4) is 22.8 Å². The first-order chi connectivity index (χ1) is 23.5. The number of aromatic nitrogens is 2. The Kier molecular flexibility index (Phi) is 10.7. The fourth-order valence-electron chi connectivity index (χ4n) is 5.87. The summed E-state index contributed by atoms with van der Waals surface area (Å²) in [4.78, 5) is 28.3. The van der Waals surface area contributed by atoms with E-state index >= 15 is 0 Å². The number of allylic oxidation sites excluding steroid dienone is 5. The van der Waals surface area contributed by atoms with Crippen LogP contribution in [0.5, 0.6) is 11.5 Å². The Hall–Kier alpha value is -5.11. The largest absolute Gasteiger partial charge is 0.490 e. The van der Waals surface area contributed by atoms with Gasteiger partial charge in [0.05, 0.1) is 23.0 Å². The number of carbonyl (C=O) groups excluding carboxylic acids is 2. The maximum atomic E-state index is 14.5. The van der Waals surface area contributed by atoms with Crippen LogP contribution in [-0.2, 0) is 16.0 Å². The Morgan fingerprint density at radius 3 is 2.50 bits per heavy atom. The lowest BCUT2D eigenvalue weighted by Crippen LogP contribution is -2.45. The smallest absolute Gasteiger partial charge is 0.253 e. The van der Waals surface area contributed by atoms with Crippen LogP contribution in [-0.4, -0.2) is 46.9 Å². The van der Waals surface area contributed by atoms with Crippen LogP contribution in [0.15, 0.2) is 114 Å². The number of benzene rings is 2. The number of fused-ring (bicyclic) bond motifs is 11. The van der Waals surface area contributed by atoms with Gasteiger partial charge in [-0.15, -0.1) is 0 Å². The molecule has 2 aliphatic heterocycles. The average molecular weight is 645 g/mol. The van der Waals surface area contributed by atoms with E-state index in [1.54, 1.807) is 4.68 Å². The highest BCUT2D eigenvalue weighted by Crippen LogP contribution is 2.33. The average Bonchev–Trinajstić information content (AvgIpc) is 3.75. The lowest BCUT2D eigenvalue weighted by Gasteiger charge is -2.29. The monoisotopic (exact) mass is 644 g/mol.